The topological polar surface area (TPSA) is 59.2 Å². The van der Waals surface area contributed by atoms with E-state index in [4.69, 9.17) is 4.52 Å². The molecule has 2 aromatic rings. The molecule has 1 unspecified atom stereocenters. The molecule has 1 aliphatic heterocycles. The number of aromatic nitrogens is 2. The first-order valence-corrected chi connectivity index (χ1v) is 9.58. The Kier molecular flexibility index (Phi) is 6.36. The lowest BCUT2D eigenvalue weighted by Crippen LogP contribution is -2.30. The van der Waals surface area contributed by atoms with Crippen molar-refractivity contribution in [2.24, 2.45) is 0 Å². The number of amides is 1. The number of likely N-dealkylation sites (tertiary alicyclic amines) is 1. The van der Waals surface area contributed by atoms with Gasteiger partial charge < -0.3 is 9.42 Å². The molecule has 1 aromatic heterocycles. The summed E-state index contributed by atoms with van der Waals surface area (Å²) in [4.78, 5) is 18.9. The summed E-state index contributed by atoms with van der Waals surface area (Å²) in [5.41, 5.74) is 0.702. The van der Waals surface area contributed by atoms with E-state index in [1.165, 1.54) is 31.4 Å². The second-order valence-electron chi connectivity index (χ2n) is 6.87. The third-order valence-electron chi connectivity index (χ3n) is 4.90. The van der Waals surface area contributed by atoms with Crippen LogP contribution >= 0.6 is 0 Å². The minimum atomic E-state index is -0.302. The molecule has 0 spiro atoms. The van der Waals surface area contributed by atoms with Crippen LogP contribution in [0, 0.1) is 5.82 Å². The third kappa shape index (κ3) is 4.48. The van der Waals surface area contributed by atoms with Gasteiger partial charge in [-0.1, -0.05) is 37.8 Å². The van der Waals surface area contributed by atoms with E-state index >= 15 is 0 Å². The summed E-state index contributed by atoms with van der Waals surface area (Å²) in [7, 11) is 0. The molecule has 1 atom stereocenters. The van der Waals surface area contributed by atoms with Gasteiger partial charge in [-0.3, -0.25) is 4.79 Å². The predicted molar refractivity (Wildman–Crippen MR) is 96.8 cm³/mol. The van der Waals surface area contributed by atoms with Gasteiger partial charge in [-0.25, -0.2) is 4.39 Å². The molecule has 1 amide bonds. The molecule has 0 bridgehead atoms. The monoisotopic (exact) mass is 359 g/mol. The van der Waals surface area contributed by atoms with Gasteiger partial charge in [0.1, 0.15) is 11.9 Å². The lowest BCUT2D eigenvalue weighted by atomic mass is 10.1. The van der Waals surface area contributed by atoms with Crippen LogP contribution in [0.2, 0.25) is 0 Å². The predicted octanol–water partition coefficient (Wildman–Crippen LogP) is 4.90. The maximum Gasteiger partial charge on any atom is 0.249 e. The van der Waals surface area contributed by atoms with Gasteiger partial charge in [0.2, 0.25) is 17.6 Å². The second kappa shape index (κ2) is 8.92. The molecule has 1 fully saturated rings. The Bertz CT molecular complexity index is 714. The summed E-state index contributed by atoms with van der Waals surface area (Å²) in [5, 5.41) is 4.00. The van der Waals surface area contributed by atoms with Crippen LogP contribution in [-0.4, -0.2) is 27.5 Å². The van der Waals surface area contributed by atoms with E-state index in [1.807, 2.05) is 4.90 Å². The maximum atomic E-state index is 13.1. The molecule has 1 aromatic carbocycles. The standard InChI is InChI=1S/C20H26FN3O2/c1-2-3-4-5-6-9-18(25)24-14-7-8-17(24)20-22-19(23-26-20)15-10-12-16(21)13-11-15/h10-13,17H,2-9,14H2,1H3. The minimum Gasteiger partial charge on any atom is -0.337 e. The van der Waals surface area contributed by atoms with Crippen molar-refractivity contribution in [2.75, 3.05) is 6.54 Å². The van der Waals surface area contributed by atoms with Crippen LogP contribution in [0.1, 0.15) is 70.2 Å². The average Bonchev–Trinajstić information content (AvgIpc) is 3.31. The number of unbranched alkanes of at least 4 members (excludes halogenated alkanes) is 4. The summed E-state index contributed by atoms with van der Waals surface area (Å²) in [6.07, 6.45) is 8.04. The van der Waals surface area contributed by atoms with Gasteiger partial charge in [0.05, 0.1) is 0 Å². The highest BCUT2D eigenvalue weighted by atomic mass is 19.1. The molecule has 0 aliphatic carbocycles. The van der Waals surface area contributed by atoms with Crippen LogP contribution in [0.15, 0.2) is 28.8 Å². The molecule has 1 aliphatic rings. The Morgan fingerprint density at radius 3 is 2.77 bits per heavy atom. The zero-order valence-corrected chi connectivity index (χ0v) is 15.3. The molecule has 3 rings (SSSR count). The summed E-state index contributed by atoms with van der Waals surface area (Å²) in [5.74, 6) is 0.773. The van der Waals surface area contributed by atoms with Crippen molar-refractivity contribution < 1.29 is 13.7 Å². The van der Waals surface area contributed by atoms with E-state index in [9.17, 15) is 9.18 Å². The molecular weight excluding hydrogens is 333 g/mol. The van der Waals surface area contributed by atoms with Crippen LogP contribution < -0.4 is 0 Å². The van der Waals surface area contributed by atoms with Crippen molar-refractivity contribution in [1.29, 1.82) is 0 Å². The number of nitrogens with zero attached hydrogens (tertiary/aromatic N) is 3. The fourth-order valence-corrected chi connectivity index (χ4v) is 3.43. The molecule has 1 saturated heterocycles. The van der Waals surface area contributed by atoms with E-state index in [-0.39, 0.29) is 17.8 Å². The van der Waals surface area contributed by atoms with E-state index in [2.05, 4.69) is 17.1 Å². The third-order valence-corrected chi connectivity index (χ3v) is 4.90. The van der Waals surface area contributed by atoms with Crippen LogP contribution in [-0.2, 0) is 4.79 Å². The summed E-state index contributed by atoms with van der Waals surface area (Å²) >= 11 is 0. The molecule has 0 N–H and O–H groups in total. The number of halogens is 1. The van der Waals surface area contributed by atoms with E-state index < -0.39 is 0 Å². The Labute approximate surface area is 153 Å². The van der Waals surface area contributed by atoms with Crippen molar-refractivity contribution in [3.05, 3.63) is 36.0 Å². The van der Waals surface area contributed by atoms with Crippen molar-refractivity contribution in [2.45, 2.75) is 64.3 Å². The molecular formula is C20H26FN3O2. The average molecular weight is 359 g/mol. The highest BCUT2D eigenvalue weighted by Crippen LogP contribution is 2.32. The Morgan fingerprint density at radius 1 is 1.23 bits per heavy atom. The zero-order chi connectivity index (χ0) is 18.4. The fourth-order valence-electron chi connectivity index (χ4n) is 3.43. The Hall–Kier alpha value is -2.24. The quantitative estimate of drug-likeness (QED) is 0.629. The van der Waals surface area contributed by atoms with Gasteiger partial charge in [0, 0.05) is 18.5 Å². The molecule has 2 heterocycles. The zero-order valence-electron chi connectivity index (χ0n) is 15.3. The normalized spacial score (nSPS) is 17.0. The Morgan fingerprint density at radius 2 is 2.00 bits per heavy atom. The molecule has 6 heteroatoms. The van der Waals surface area contributed by atoms with Crippen LogP contribution in [0.3, 0.4) is 0 Å². The highest BCUT2D eigenvalue weighted by Gasteiger charge is 2.33. The number of benzene rings is 1. The van der Waals surface area contributed by atoms with Gasteiger partial charge >= 0.3 is 0 Å². The summed E-state index contributed by atoms with van der Waals surface area (Å²) in [6.45, 7) is 2.93. The maximum absolute atomic E-state index is 13.1. The minimum absolute atomic E-state index is 0.139. The highest BCUT2D eigenvalue weighted by molar-refractivity contribution is 5.76. The van der Waals surface area contributed by atoms with Crippen molar-refractivity contribution in [3.8, 4) is 11.4 Å². The SMILES string of the molecule is CCCCCCCC(=O)N1CCCC1c1nc(-c2ccc(F)cc2)no1. The molecule has 5 nitrogen and oxygen atoms in total. The van der Waals surface area contributed by atoms with E-state index in [0.717, 1.165) is 32.2 Å². The van der Waals surface area contributed by atoms with Crippen LogP contribution in [0.4, 0.5) is 4.39 Å². The molecule has 26 heavy (non-hydrogen) atoms. The fraction of sp³-hybridized carbons (Fsp3) is 0.550. The molecule has 0 saturated carbocycles. The van der Waals surface area contributed by atoms with Crippen LogP contribution in [0.5, 0.6) is 0 Å². The van der Waals surface area contributed by atoms with Gasteiger partial charge in [0.15, 0.2) is 0 Å². The summed E-state index contributed by atoms with van der Waals surface area (Å²) < 4.78 is 18.5. The van der Waals surface area contributed by atoms with Gasteiger partial charge in [-0.2, -0.15) is 4.98 Å². The smallest absolute Gasteiger partial charge is 0.249 e. The van der Waals surface area contributed by atoms with Gasteiger partial charge in [0.25, 0.3) is 0 Å². The van der Waals surface area contributed by atoms with E-state index in [1.54, 1.807) is 12.1 Å². The van der Waals surface area contributed by atoms with Crippen molar-refractivity contribution >= 4 is 5.91 Å². The van der Waals surface area contributed by atoms with Crippen LogP contribution in [0.25, 0.3) is 11.4 Å². The number of hydrogen-bond acceptors (Lipinski definition) is 4. The lowest BCUT2D eigenvalue weighted by molar-refractivity contribution is -0.132. The van der Waals surface area contributed by atoms with E-state index in [0.29, 0.717) is 23.7 Å². The first-order chi connectivity index (χ1) is 12.7. The number of hydrogen-bond donors (Lipinski definition) is 0. The molecule has 140 valence electrons. The van der Waals surface area contributed by atoms with Crippen molar-refractivity contribution in [3.63, 3.8) is 0 Å². The van der Waals surface area contributed by atoms with Crippen molar-refractivity contribution in [1.82, 2.24) is 15.0 Å². The summed E-state index contributed by atoms with van der Waals surface area (Å²) in [6, 6.07) is 5.85. The van der Waals surface area contributed by atoms with Gasteiger partial charge in [-0.15, -0.1) is 0 Å². The largest absolute Gasteiger partial charge is 0.337 e. The number of carbonyl (C=O) groups is 1. The van der Waals surface area contributed by atoms with Gasteiger partial charge in [-0.05, 0) is 43.5 Å². The lowest BCUT2D eigenvalue weighted by Gasteiger charge is -2.21. The number of rotatable bonds is 8. The first-order valence-electron chi connectivity index (χ1n) is 9.58. The molecule has 0 radical (unpaired) electrons. The number of carbonyl (C=O) groups excluding carboxylic acids is 1. The Balaban J connectivity index is 1.61. The second-order valence-corrected chi connectivity index (χ2v) is 6.87. The first kappa shape index (κ1) is 18.5.